The number of rotatable bonds is 4. The molecule has 1 heterocycles. The van der Waals surface area contributed by atoms with Crippen LogP contribution in [0.2, 0.25) is 0 Å². The van der Waals surface area contributed by atoms with Gasteiger partial charge in [-0.3, -0.25) is 4.90 Å². The Morgan fingerprint density at radius 3 is 2.52 bits per heavy atom. The summed E-state index contributed by atoms with van der Waals surface area (Å²) >= 11 is 0. The zero-order valence-corrected chi connectivity index (χ0v) is 14.3. The number of likely N-dealkylation sites (tertiary alicyclic amines) is 1. The Bertz CT molecular complexity index is 317. The molecule has 3 rings (SSSR count). The molecule has 2 nitrogen and oxygen atoms in total. The van der Waals surface area contributed by atoms with E-state index in [2.05, 4.69) is 24.1 Å². The predicted octanol–water partition coefficient (Wildman–Crippen LogP) is 4.06. The van der Waals surface area contributed by atoms with E-state index in [4.69, 9.17) is 0 Å². The van der Waals surface area contributed by atoms with Crippen LogP contribution in [-0.2, 0) is 0 Å². The van der Waals surface area contributed by atoms with E-state index < -0.39 is 0 Å². The standard InChI is InChI=1S/C19H36N2/c1-3-15-9-10-18(20-4-2)19(13-15)21-12-11-16-7-5-6-8-17(16)14-21/h15-20H,3-14H2,1-2H3. The summed E-state index contributed by atoms with van der Waals surface area (Å²) in [5.41, 5.74) is 0. The van der Waals surface area contributed by atoms with E-state index in [0.717, 1.165) is 36.4 Å². The zero-order chi connectivity index (χ0) is 14.7. The molecule has 2 saturated carbocycles. The molecule has 0 aromatic rings. The van der Waals surface area contributed by atoms with Crippen LogP contribution < -0.4 is 5.32 Å². The van der Waals surface area contributed by atoms with Crippen LogP contribution in [0.1, 0.15) is 71.6 Å². The molecule has 2 heteroatoms. The first-order chi connectivity index (χ1) is 10.3. The Morgan fingerprint density at radius 1 is 0.952 bits per heavy atom. The number of nitrogens with one attached hydrogen (secondary N) is 1. The maximum atomic E-state index is 3.81. The van der Waals surface area contributed by atoms with Crippen molar-refractivity contribution in [1.82, 2.24) is 10.2 Å². The Kier molecular flexibility index (Phi) is 5.61. The number of likely N-dealkylation sites (N-methyl/N-ethyl adjacent to an activating group) is 1. The van der Waals surface area contributed by atoms with Crippen LogP contribution in [0.25, 0.3) is 0 Å². The van der Waals surface area contributed by atoms with Crippen molar-refractivity contribution in [3.05, 3.63) is 0 Å². The van der Waals surface area contributed by atoms with Crippen molar-refractivity contribution in [3.63, 3.8) is 0 Å². The molecule has 0 bridgehead atoms. The first-order valence-electron chi connectivity index (χ1n) is 9.79. The molecule has 5 unspecified atom stereocenters. The Morgan fingerprint density at radius 2 is 1.76 bits per heavy atom. The molecule has 0 amide bonds. The first kappa shape index (κ1) is 15.8. The summed E-state index contributed by atoms with van der Waals surface area (Å²) in [6.07, 6.45) is 13.2. The van der Waals surface area contributed by atoms with Gasteiger partial charge in [0, 0.05) is 18.6 Å². The minimum Gasteiger partial charge on any atom is -0.313 e. The van der Waals surface area contributed by atoms with Crippen molar-refractivity contribution in [2.45, 2.75) is 83.7 Å². The smallest absolute Gasteiger partial charge is 0.0252 e. The molecule has 1 saturated heterocycles. The number of fused-ring (bicyclic) bond motifs is 1. The molecule has 0 aromatic heterocycles. The van der Waals surface area contributed by atoms with Crippen molar-refractivity contribution < 1.29 is 0 Å². The lowest BCUT2D eigenvalue weighted by molar-refractivity contribution is 0.0206. The van der Waals surface area contributed by atoms with Crippen LogP contribution in [0.3, 0.4) is 0 Å². The summed E-state index contributed by atoms with van der Waals surface area (Å²) in [6.45, 7) is 8.59. The summed E-state index contributed by atoms with van der Waals surface area (Å²) in [4.78, 5) is 2.90. The quantitative estimate of drug-likeness (QED) is 0.841. The largest absolute Gasteiger partial charge is 0.313 e. The topological polar surface area (TPSA) is 15.3 Å². The van der Waals surface area contributed by atoms with E-state index in [0.29, 0.717) is 0 Å². The normalized spacial score (nSPS) is 41.7. The monoisotopic (exact) mass is 292 g/mol. The molecule has 2 aliphatic carbocycles. The zero-order valence-electron chi connectivity index (χ0n) is 14.3. The van der Waals surface area contributed by atoms with Gasteiger partial charge in [-0.15, -0.1) is 0 Å². The second-order valence-corrected chi connectivity index (χ2v) is 7.91. The number of hydrogen-bond acceptors (Lipinski definition) is 2. The van der Waals surface area contributed by atoms with Gasteiger partial charge in [0.2, 0.25) is 0 Å². The highest BCUT2D eigenvalue weighted by molar-refractivity contribution is 4.94. The predicted molar refractivity (Wildman–Crippen MR) is 90.5 cm³/mol. The minimum atomic E-state index is 0.762. The lowest BCUT2D eigenvalue weighted by atomic mass is 9.73. The highest BCUT2D eigenvalue weighted by atomic mass is 15.2. The van der Waals surface area contributed by atoms with Crippen molar-refractivity contribution in [2.24, 2.45) is 17.8 Å². The lowest BCUT2D eigenvalue weighted by Crippen LogP contribution is -2.56. The summed E-state index contributed by atoms with van der Waals surface area (Å²) in [5, 5.41) is 3.81. The maximum Gasteiger partial charge on any atom is 0.0252 e. The van der Waals surface area contributed by atoms with Crippen molar-refractivity contribution in [2.75, 3.05) is 19.6 Å². The molecule has 1 N–H and O–H groups in total. The van der Waals surface area contributed by atoms with E-state index in [-0.39, 0.29) is 0 Å². The van der Waals surface area contributed by atoms with Gasteiger partial charge in [0.15, 0.2) is 0 Å². The van der Waals surface area contributed by atoms with Crippen LogP contribution in [0.4, 0.5) is 0 Å². The highest BCUT2D eigenvalue weighted by Crippen LogP contribution is 2.39. The summed E-state index contributed by atoms with van der Waals surface area (Å²) in [7, 11) is 0. The molecule has 21 heavy (non-hydrogen) atoms. The number of nitrogens with zero attached hydrogens (tertiary/aromatic N) is 1. The molecular weight excluding hydrogens is 256 g/mol. The van der Waals surface area contributed by atoms with Crippen LogP contribution in [0.15, 0.2) is 0 Å². The molecular formula is C19H36N2. The Labute approximate surface area is 132 Å². The van der Waals surface area contributed by atoms with E-state index in [1.165, 1.54) is 70.9 Å². The van der Waals surface area contributed by atoms with Gasteiger partial charge in [0.1, 0.15) is 0 Å². The fourth-order valence-corrected chi connectivity index (χ4v) is 5.44. The van der Waals surface area contributed by atoms with Gasteiger partial charge in [0.25, 0.3) is 0 Å². The molecule has 0 spiro atoms. The number of piperidine rings is 1. The van der Waals surface area contributed by atoms with Gasteiger partial charge >= 0.3 is 0 Å². The van der Waals surface area contributed by atoms with Gasteiger partial charge in [-0.25, -0.2) is 0 Å². The SMILES string of the molecule is CCNC1CCC(CC)CC1N1CCC2CCCCC2C1. The second kappa shape index (κ2) is 7.46. The lowest BCUT2D eigenvalue weighted by Gasteiger charge is -2.49. The van der Waals surface area contributed by atoms with Crippen LogP contribution in [0, 0.1) is 17.8 Å². The molecule has 5 atom stereocenters. The Hall–Kier alpha value is -0.0800. The van der Waals surface area contributed by atoms with Crippen molar-refractivity contribution >= 4 is 0 Å². The average Bonchev–Trinajstić information content (AvgIpc) is 2.55. The molecule has 0 aromatic carbocycles. The van der Waals surface area contributed by atoms with E-state index in [9.17, 15) is 0 Å². The molecule has 3 fully saturated rings. The fraction of sp³-hybridized carbons (Fsp3) is 1.00. The molecule has 3 aliphatic rings. The maximum absolute atomic E-state index is 3.81. The Balaban J connectivity index is 1.64. The van der Waals surface area contributed by atoms with Crippen LogP contribution >= 0.6 is 0 Å². The third kappa shape index (κ3) is 3.64. The molecule has 0 radical (unpaired) electrons. The van der Waals surface area contributed by atoms with Crippen LogP contribution in [-0.4, -0.2) is 36.6 Å². The minimum absolute atomic E-state index is 0.762. The van der Waals surface area contributed by atoms with Gasteiger partial charge in [-0.05, 0) is 62.9 Å². The molecule has 122 valence electrons. The van der Waals surface area contributed by atoms with Gasteiger partial charge < -0.3 is 5.32 Å². The summed E-state index contributed by atoms with van der Waals surface area (Å²) < 4.78 is 0. The van der Waals surface area contributed by atoms with E-state index >= 15 is 0 Å². The van der Waals surface area contributed by atoms with E-state index in [1.807, 2.05) is 0 Å². The van der Waals surface area contributed by atoms with Gasteiger partial charge in [-0.1, -0.05) is 39.5 Å². The third-order valence-electron chi connectivity index (χ3n) is 6.76. The number of hydrogen-bond donors (Lipinski definition) is 1. The third-order valence-corrected chi connectivity index (χ3v) is 6.76. The second-order valence-electron chi connectivity index (χ2n) is 7.91. The van der Waals surface area contributed by atoms with Crippen molar-refractivity contribution in [3.8, 4) is 0 Å². The van der Waals surface area contributed by atoms with E-state index in [1.54, 1.807) is 0 Å². The van der Waals surface area contributed by atoms with Crippen LogP contribution in [0.5, 0.6) is 0 Å². The molecule has 1 aliphatic heterocycles. The highest BCUT2D eigenvalue weighted by Gasteiger charge is 2.38. The first-order valence-corrected chi connectivity index (χ1v) is 9.79. The summed E-state index contributed by atoms with van der Waals surface area (Å²) in [6, 6.07) is 1.59. The summed E-state index contributed by atoms with van der Waals surface area (Å²) in [5.74, 6) is 3.07. The fourth-order valence-electron chi connectivity index (χ4n) is 5.44. The van der Waals surface area contributed by atoms with Gasteiger partial charge in [0.05, 0.1) is 0 Å². The average molecular weight is 293 g/mol. The van der Waals surface area contributed by atoms with Crippen molar-refractivity contribution in [1.29, 1.82) is 0 Å². The van der Waals surface area contributed by atoms with Gasteiger partial charge in [-0.2, -0.15) is 0 Å².